The highest BCUT2D eigenvalue weighted by molar-refractivity contribution is 9.10. The van der Waals surface area contributed by atoms with E-state index in [-0.39, 0.29) is 5.41 Å². The first kappa shape index (κ1) is 14.4. The minimum Gasteiger partial charge on any atom is -0.199 e. The van der Waals surface area contributed by atoms with Crippen LogP contribution in [0.5, 0.6) is 0 Å². The third kappa shape index (κ3) is 1.20. The number of nitrogens with zero attached hydrogens (tertiary/aromatic N) is 4. The first-order valence-electron chi connectivity index (χ1n) is 9.79. The van der Waals surface area contributed by atoms with Gasteiger partial charge in [0.1, 0.15) is 0 Å². The minimum absolute atomic E-state index is 0.0999. The van der Waals surface area contributed by atoms with Crippen molar-refractivity contribution in [2.24, 2.45) is 5.41 Å². The Morgan fingerprint density at radius 3 is 2.64 bits per heavy atom. The molecule has 0 radical (unpaired) electrons. The van der Waals surface area contributed by atoms with Gasteiger partial charge in [-0.05, 0) is 48.0 Å². The number of halogens is 1. The molecule has 6 aliphatic rings. The fraction of sp³-hybridized carbons (Fsp3) is 0.217. The van der Waals surface area contributed by atoms with E-state index in [1.54, 1.807) is 0 Å². The van der Waals surface area contributed by atoms with Crippen molar-refractivity contribution in [1.29, 1.82) is 0 Å². The maximum Gasteiger partial charge on any atom is 0.553 e. The predicted octanol–water partition coefficient (Wildman–Crippen LogP) is 2.37. The molecule has 0 amide bonds. The Morgan fingerprint density at radius 2 is 1.79 bits per heavy atom. The van der Waals surface area contributed by atoms with Gasteiger partial charge >= 0.3 is 5.91 Å². The Balaban J connectivity index is 1.74. The zero-order valence-electron chi connectivity index (χ0n) is 15.6. The number of allylic oxidation sites excluding steroid dienone is 3. The van der Waals surface area contributed by atoms with Crippen molar-refractivity contribution in [2.45, 2.75) is 26.2 Å². The van der Waals surface area contributed by atoms with E-state index in [1.807, 2.05) is 0 Å². The highest BCUT2D eigenvalue weighted by Crippen LogP contribution is 2.50. The first-order valence-corrected chi connectivity index (χ1v) is 10.6. The van der Waals surface area contributed by atoms with Gasteiger partial charge < -0.3 is 0 Å². The number of hydrogen-bond acceptors (Lipinski definition) is 0. The van der Waals surface area contributed by atoms with Gasteiger partial charge in [-0.3, -0.25) is 0 Å². The molecule has 5 heteroatoms. The summed E-state index contributed by atoms with van der Waals surface area (Å²) in [5.74, 6) is -0.454. The average molecular weight is 429 g/mol. The van der Waals surface area contributed by atoms with E-state index < -0.39 is 5.91 Å². The van der Waals surface area contributed by atoms with E-state index >= 15 is 0 Å². The summed E-state index contributed by atoms with van der Waals surface area (Å²) in [6.07, 6.45) is 15.0. The van der Waals surface area contributed by atoms with Crippen LogP contribution in [0, 0.1) is 5.41 Å². The fourth-order valence-corrected chi connectivity index (χ4v) is 6.71. The smallest absolute Gasteiger partial charge is 0.199 e. The summed E-state index contributed by atoms with van der Waals surface area (Å²) in [5, 5.41) is 2.54. The van der Waals surface area contributed by atoms with Crippen molar-refractivity contribution in [2.75, 3.05) is 0 Å². The molecule has 0 unspecified atom stereocenters. The Hall–Kier alpha value is -2.66. The zero-order valence-corrected chi connectivity index (χ0v) is 17.2. The molecule has 1 atom stereocenters. The minimum atomic E-state index is -0.454. The van der Waals surface area contributed by atoms with Crippen LogP contribution in [-0.4, -0.2) is 29.7 Å². The molecule has 28 heavy (non-hydrogen) atoms. The van der Waals surface area contributed by atoms with E-state index in [2.05, 4.69) is 103 Å². The van der Waals surface area contributed by atoms with Gasteiger partial charge in [0.05, 0.1) is 27.5 Å². The lowest BCUT2D eigenvalue weighted by Crippen LogP contribution is -2.69. The molecule has 6 aliphatic heterocycles. The fourth-order valence-electron chi connectivity index (χ4n) is 6.18. The molecule has 8 heterocycles. The molecule has 0 fully saturated rings. The van der Waals surface area contributed by atoms with Crippen molar-refractivity contribution in [3.05, 3.63) is 68.3 Å². The Bertz CT molecular complexity index is 1510. The van der Waals surface area contributed by atoms with Gasteiger partial charge in [0, 0.05) is 47.3 Å². The molecule has 0 N–H and O–H groups in total. The molecular weight excluding hydrogens is 412 g/mol. The van der Waals surface area contributed by atoms with Crippen LogP contribution < -0.4 is 10.7 Å². The summed E-state index contributed by atoms with van der Waals surface area (Å²) in [6.45, 7) is 4.75. The van der Waals surface area contributed by atoms with E-state index in [9.17, 15) is 0 Å². The molecule has 2 aromatic heterocycles. The molecule has 4 nitrogen and oxygen atoms in total. The predicted molar refractivity (Wildman–Crippen MR) is 112 cm³/mol. The third-order valence-corrected chi connectivity index (χ3v) is 7.76. The van der Waals surface area contributed by atoms with Gasteiger partial charge in [-0.15, -0.1) is 0 Å². The normalized spacial score (nSPS) is 28.0. The Labute approximate surface area is 169 Å². The van der Waals surface area contributed by atoms with Gasteiger partial charge in [0.2, 0.25) is 17.1 Å². The largest absolute Gasteiger partial charge is 0.553 e. The summed E-state index contributed by atoms with van der Waals surface area (Å²) < 4.78 is 11.3. The maximum atomic E-state index is 3.86. The van der Waals surface area contributed by atoms with Gasteiger partial charge in [0.25, 0.3) is 0 Å². The van der Waals surface area contributed by atoms with Crippen LogP contribution in [-0.2, 0) is 5.91 Å². The van der Waals surface area contributed by atoms with Gasteiger partial charge in [0.15, 0.2) is 5.70 Å². The summed E-state index contributed by atoms with van der Waals surface area (Å²) in [6, 6.07) is 6.81. The SMILES string of the molecule is CC1(C)CC2=Cc3c(Br)cc4n3[C@]35n6c(ccc6=CC1=[N+]23)=CC1=[N+]5C(=C4)C=C1. The van der Waals surface area contributed by atoms with Crippen molar-refractivity contribution in [1.82, 2.24) is 9.13 Å². The van der Waals surface area contributed by atoms with Crippen molar-refractivity contribution >= 4 is 51.7 Å². The van der Waals surface area contributed by atoms with Gasteiger partial charge in [-0.1, -0.05) is 9.15 Å². The monoisotopic (exact) mass is 428 g/mol. The second-order valence-electron chi connectivity index (χ2n) is 9.12. The van der Waals surface area contributed by atoms with Crippen LogP contribution in [0.1, 0.15) is 31.7 Å². The highest BCUT2D eigenvalue weighted by Gasteiger charge is 2.71. The molecule has 0 saturated carbocycles. The molecule has 8 rings (SSSR count). The molecule has 1 spiro atoms. The zero-order chi connectivity index (χ0) is 18.6. The quantitative estimate of drug-likeness (QED) is 0.572. The molecule has 0 bridgehead atoms. The third-order valence-electron chi connectivity index (χ3n) is 7.12. The number of hydrogen-bond donors (Lipinski definition) is 0. The van der Waals surface area contributed by atoms with Crippen LogP contribution in [0.4, 0.5) is 0 Å². The lowest BCUT2D eigenvalue weighted by Gasteiger charge is -2.37. The molecule has 0 saturated heterocycles. The van der Waals surface area contributed by atoms with Crippen LogP contribution in [0.3, 0.4) is 0 Å². The van der Waals surface area contributed by atoms with Gasteiger partial charge in [-0.2, -0.15) is 9.13 Å². The molecule has 2 aromatic rings. The number of aromatic nitrogens is 2. The first-order chi connectivity index (χ1) is 13.5. The Morgan fingerprint density at radius 1 is 0.964 bits per heavy atom. The lowest BCUT2D eigenvalue weighted by molar-refractivity contribution is -0.835. The van der Waals surface area contributed by atoms with E-state index in [0.29, 0.717) is 0 Å². The van der Waals surface area contributed by atoms with Crippen molar-refractivity contribution in [3.63, 3.8) is 0 Å². The number of rotatable bonds is 0. The summed E-state index contributed by atoms with van der Waals surface area (Å²) in [4.78, 5) is 0. The molecule has 134 valence electrons. The summed E-state index contributed by atoms with van der Waals surface area (Å²) >= 11 is 3.86. The second kappa shape index (κ2) is 3.90. The highest BCUT2D eigenvalue weighted by atomic mass is 79.9. The van der Waals surface area contributed by atoms with Crippen LogP contribution in [0.25, 0.3) is 24.3 Å². The van der Waals surface area contributed by atoms with Crippen LogP contribution >= 0.6 is 15.9 Å². The van der Waals surface area contributed by atoms with Gasteiger partial charge in [-0.25, -0.2) is 0 Å². The van der Waals surface area contributed by atoms with E-state index in [1.165, 1.54) is 44.9 Å². The summed E-state index contributed by atoms with van der Waals surface area (Å²) in [5.41, 5.74) is 7.93. The van der Waals surface area contributed by atoms with Crippen molar-refractivity contribution < 1.29 is 9.15 Å². The van der Waals surface area contributed by atoms with E-state index in [0.717, 1.165) is 10.9 Å². The second-order valence-corrected chi connectivity index (χ2v) is 9.98. The van der Waals surface area contributed by atoms with Crippen LogP contribution in [0.2, 0.25) is 0 Å². The van der Waals surface area contributed by atoms with Crippen LogP contribution in [0.15, 0.2) is 46.2 Å². The van der Waals surface area contributed by atoms with Crippen molar-refractivity contribution in [3.8, 4) is 0 Å². The molecule has 0 aliphatic carbocycles. The Kier molecular flexibility index (Phi) is 2.00. The average Bonchev–Trinajstić information content (AvgIpc) is 3.38. The van der Waals surface area contributed by atoms with E-state index in [4.69, 9.17) is 0 Å². The molecule has 0 aromatic carbocycles. The lowest BCUT2D eigenvalue weighted by atomic mass is 9.85. The summed E-state index contributed by atoms with van der Waals surface area (Å²) in [7, 11) is 0. The topological polar surface area (TPSA) is 15.9 Å². The standard InChI is InChI=1S/C23H17BrN4/c1-22(2)12-18-10-20-19(24)9-17-8-15-4-3-13-7-14-5-6-16-11-21(22)28(18)23(25(13)15,26(14)16)27(17)20/h3-11H,12H2,1-2H3/q+2/t23-/m0/s1. The molecular formula is C23H17BrN4+2. The maximum absolute atomic E-state index is 3.86.